The summed E-state index contributed by atoms with van der Waals surface area (Å²) >= 11 is 0. The van der Waals surface area contributed by atoms with Crippen molar-refractivity contribution in [3.8, 4) is 0 Å². The monoisotopic (exact) mass is 295 g/mol. The first kappa shape index (κ1) is 17.9. The van der Waals surface area contributed by atoms with Crippen molar-refractivity contribution >= 4 is 5.82 Å². The number of hydrogen-bond donors (Lipinski definition) is 1. The Morgan fingerprint density at radius 1 is 1.14 bits per heavy atom. The molecule has 1 rings (SSSR count). The van der Waals surface area contributed by atoms with Crippen LogP contribution in [0.15, 0.2) is 18.3 Å². The summed E-state index contributed by atoms with van der Waals surface area (Å²) in [5.74, 6) is 0.997. The molecule has 1 aromatic heterocycles. The highest BCUT2D eigenvalue weighted by atomic mass is 16.5. The van der Waals surface area contributed by atoms with E-state index in [1.54, 1.807) is 14.2 Å². The summed E-state index contributed by atoms with van der Waals surface area (Å²) < 4.78 is 10.3. The number of methoxy groups -OCH3 is 2. The molecule has 0 aromatic carbocycles. The quantitative estimate of drug-likeness (QED) is 0.633. The Morgan fingerprint density at radius 3 is 2.48 bits per heavy atom. The molecule has 0 aliphatic rings. The van der Waals surface area contributed by atoms with Crippen LogP contribution >= 0.6 is 0 Å². The summed E-state index contributed by atoms with van der Waals surface area (Å²) in [6, 6.07) is 4.70. The molecule has 0 aliphatic heterocycles. The molecule has 1 heterocycles. The highest BCUT2D eigenvalue weighted by Crippen LogP contribution is 2.12. The number of rotatable bonds is 11. The first-order chi connectivity index (χ1) is 10.2. The van der Waals surface area contributed by atoms with Crippen LogP contribution in [-0.2, 0) is 16.0 Å². The zero-order valence-electron chi connectivity index (χ0n) is 13.8. The largest absolute Gasteiger partial charge is 0.385 e. The SMILES string of the molecule is COCCCN(CCOC)c1ccc(CNC(C)C)cn1. The molecule has 0 radical (unpaired) electrons. The van der Waals surface area contributed by atoms with Gasteiger partial charge in [0.2, 0.25) is 0 Å². The van der Waals surface area contributed by atoms with E-state index >= 15 is 0 Å². The Kier molecular flexibility index (Phi) is 8.98. The number of nitrogens with zero attached hydrogens (tertiary/aromatic N) is 2. The molecule has 1 N–H and O–H groups in total. The molecule has 0 atom stereocenters. The molecule has 0 aliphatic carbocycles. The maximum atomic E-state index is 5.18. The van der Waals surface area contributed by atoms with Gasteiger partial charge in [-0.05, 0) is 18.1 Å². The minimum Gasteiger partial charge on any atom is -0.385 e. The Bertz CT molecular complexity index is 368. The second-order valence-corrected chi connectivity index (χ2v) is 5.39. The predicted molar refractivity (Wildman–Crippen MR) is 86.8 cm³/mol. The fourth-order valence-corrected chi connectivity index (χ4v) is 1.97. The first-order valence-electron chi connectivity index (χ1n) is 7.58. The fraction of sp³-hybridized carbons (Fsp3) is 0.688. The highest BCUT2D eigenvalue weighted by Gasteiger charge is 2.07. The molecule has 0 saturated carbocycles. The van der Waals surface area contributed by atoms with E-state index in [-0.39, 0.29) is 0 Å². The van der Waals surface area contributed by atoms with Gasteiger partial charge in [0.15, 0.2) is 0 Å². The smallest absolute Gasteiger partial charge is 0.128 e. The van der Waals surface area contributed by atoms with Gasteiger partial charge >= 0.3 is 0 Å². The van der Waals surface area contributed by atoms with Crippen molar-refractivity contribution in [2.24, 2.45) is 0 Å². The topological polar surface area (TPSA) is 46.6 Å². The van der Waals surface area contributed by atoms with E-state index in [4.69, 9.17) is 9.47 Å². The zero-order chi connectivity index (χ0) is 15.5. The second kappa shape index (κ2) is 10.5. The third-order valence-electron chi connectivity index (χ3n) is 3.19. The van der Waals surface area contributed by atoms with Gasteiger partial charge in [0.1, 0.15) is 5.82 Å². The normalized spacial score (nSPS) is 11.1. The summed E-state index contributed by atoms with van der Waals surface area (Å²) in [7, 11) is 3.45. The molecule has 0 unspecified atom stereocenters. The molecule has 0 fully saturated rings. The molecule has 120 valence electrons. The van der Waals surface area contributed by atoms with Crippen LogP contribution in [0, 0.1) is 0 Å². The van der Waals surface area contributed by atoms with Gasteiger partial charge in [-0.3, -0.25) is 0 Å². The van der Waals surface area contributed by atoms with Crippen molar-refractivity contribution in [1.29, 1.82) is 0 Å². The van der Waals surface area contributed by atoms with E-state index in [2.05, 4.69) is 41.2 Å². The van der Waals surface area contributed by atoms with Crippen LogP contribution in [0.25, 0.3) is 0 Å². The third kappa shape index (κ3) is 7.41. The van der Waals surface area contributed by atoms with Crippen LogP contribution in [0.3, 0.4) is 0 Å². The Labute approximate surface area is 128 Å². The van der Waals surface area contributed by atoms with Gasteiger partial charge in [-0.1, -0.05) is 19.9 Å². The van der Waals surface area contributed by atoms with Crippen molar-refractivity contribution in [2.45, 2.75) is 32.9 Å². The number of anilines is 1. The number of aromatic nitrogens is 1. The molecular weight excluding hydrogens is 266 g/mol. The van der Waals surface area contributed by atoms with Gasteiger partial charge in [-0.2, -0.15) is 0 Å². The van der Waals surface area contributed by atoms with Crippen LogP contribution in [0.4, 0.5) is 5.82 Å². The minimum absolute atomic E-state index is 0.483. The van der Waals surface area contributed by atoms with Crippen LogP contribution in [0.2, 0.25) is 0 Å². The lowest BCUT2D eigenvalue weighted by molar-refractivity contribution is 0.191. The Balaban J connectivity index is 2.59. The number of pyridine rings is 1. The van der Waals surface area contributed by atoms with Crippen molar-refractivity contribution in [2.75, 3.05) is 45.4 Å². The van der Waals surface area contributed by atoms with Crippen molar-refractivity contribution in [1.82, 2.24) is 10.3 Å². The van der Waals surface area contributed by atoms with Gasteiger partial charge in [0.05, 0.1) is 6.61 Å². The van der Waals surface area contributed by atoms with E-state index in [9.17, 15) is 0 Å². The summed E-state index contributed by atoms with van der Waals surface area (Å²) in [4.78, 5) is 6.82. The molecule has 0 spiro atoms. The lowest BCUT2D eigenvalue weighted by Crippen LogP contribution is -2.30. The van der Waals surface area contributed by atoms with Crippen LogP contribution in [0.5, 0.6) is 0 Å². The van der Waals surface area contributed by atoms with E-state index in [1.165, 1.54) is 5.56 Å². The average Bonchev–Trinajstić information content (AvgIpc) is 2.49. The van der Waals surface area contributed by atoms with E-state index < -0.39 is 0 Å². The molecular formula is C16H29N3O2. The van der Waals surface area contributed by atoms with Gasteiger partial charge in [0.25, 0.3) is 0 Å². The molecule has 0 bridgehead atoms. The predicted octanol–water partition coefficient (Wildman–Crippen LogP) is 2.07. The highest BCUT2D eigenvalue weighted by molar-refractivity contribution is 5.39. The summed E-state index contributed by atoms with van der Waals surface area (Å²) in [5, 5.41) is 3.40. The maximum absolute atomic E-state index is 5.18. The van der Waals surface area contributed by atoms with E-state index in [1.807, 2.05) is 6.20 Å². The maximum Gasteiger partial charge on any atom is 0.128 e. The Hall–Kier alpha value is -1.17. The number of hydrogen-bond acceptors (Lipinski definition) is 5. The van der Waals surface area contributed by atoms with Crippen molar-refractivity contribution in [3.63, 3.8) is 0 Å². The van der Waals surface area contributed by atoms with Gasteiger partial charge in [0, 0.05) is 52.7 Å². The zero-order valence-corrected chi connectivity index (χ0v) is 13.8. The second-order valence-electron chi connectivity index (χ2n) is 5.39. The minimum atomic E-state index is 0.483. The Morgan fingerprint density at radius 2 is 1.90 bits per heavy atom. The number of ether oxygens (including phenoxy) is 2. The van der Waals surface area contributed by atoms with Crippen LogP contribution in [-0.4, -0.2) is 51.5 Å². The lowest BCUT2D eigenvalue weighted by atomic mass is 10.2. The first-order valence-corrected chi connectivity index (χ1v) is 7.58. The number of nitrogens with one attached hydrogen (secondary N) is 1. The molecule has 0 saturated heterocycles. The molecule has 1 aromatic rings. The molecule has 5 heteroatoms. The third-order valence-corrected chi connectivity index (χ3v) is 3.19. The molecule has 21 heavy (non-hydrogen) atoms. The average molecular weight is 295 g/mol. The molecule has 5 nitrogen and oxygen atoms in total. The van der Waals surface area contributed by atoms with Gasteiger partial charge in [-0.15, -0.1) is 0 Å². The summed E-state index contributed by atoms with van der Waals surface area (Å²) in [6.07, 6.45) is 2.93. The van der Waals surface area contributed by atoms with Crippen molar-refractivity contribution < 1.29 is 9.47 Å². The van der Waals surface area contributed by atoms with Gasteiger partial charge < -0.3 is 19.7 Å². The summed E-state index contributed by atoms with van der Waals surface area (Å²) in [5.41, 5.74) is 1.20. The van der Waals surface area contributed by atoms with Crippen LogP contribution in [0.1, 0.15) is 25.8 Å². The standard InChI is InChI=1S/C16H29N3O2/c1-14(2)17-12-15-6-7-16(18-13-15)19(9-11-21-4)8-5-10-20-3/h6-7,13-14,17H,5,8-12H2,1-4H3. The summed E-state index contributed by atoms with van der Waals surface area (Å²) in [6.45, 7) is 8.37. The fourth-order valence-electron chi connectivity index (χ4n) is 1.97. The van der Waals surface area contributed by atoms with Crippen LogP contribution < -0.4 is 10.2 Å². The molecule has 0 amide bonds. The lowest BCUT2D eigenvalue weighted by Gasteiger charge is -2.23. The van der Waals surface area contributed by atoms with Crippen molar-refractivity contribution in [3.05, 3.63) is 23.9 Å². The van der Waals surface area contributed by atoms with E-state index in [0.717, 1.165) is 38.5 Å². The van der Waals surface area contributed by atoms with Gasteiger partial charge in [-0.25, -0.2) is 4.98 Å². The van der Waals surface area contributed by atoms with E-state index in [0.29, 0.717) is 12.6 Å².